The molecule has 0 atom stereocenters. The summed E-state index contributed by atoms with van der Waals surface area (Å²) in [6.45, 7) is 0.651. The van der Waals surface area contributed by atoms with Crippen LogP contribution in [0.3, 0.4) is 0 Å². The van der Waals surface area contributed by atoms with Crippen LogP contribution in [0.1, 0.15) is 5.56 Å². The molecule has 0 bridgehead atoms. The van der Waals surface area contributed by atoms with Crippen LogP contribution in [0, 0.1) is 10.1 Å². The van der Waals surface area contributed by atoms with Crippen LogP contribution in [0.25, 0.3) is 22.3 Å². The maximum absolute atomic E-state index is 10.7. The molecule has 0 aliphatic heterocycles. The van der Waals surface area contributed by atoms with Gasteiger partial charge in [0, 0.05) is 40.8 Å². The van der Waals surface area contributed by atoms with Crippen LogP contribution in [0.4, 0.5) is 5.69 Å². The zero-order valence-electron chi connectivity index (χ0n) is 13.3. The molecule has 122 valence electrons. The molecular formula is C20H15N2O3+. The smallest absolute Gasteiger partial charge is 0.269 e. The van der Waals surface area contributed by atoms with Crippen molar-refractivity contribution in [3.05, 3.63) is 94.8 Å². The molecule has 0 amide bonds. The Kier molecular flexibility index (Phi) is 3.74. The van der Waals surface area contributed by atoms with Gasteiger partial charge in [0.05, 0.1) is 4.92 Å². The van der Waals surface area contributed by atoms with E-state index in [0.29, 0.717) is 6.54 Å². The lowest BCUT2D eigenvalue weighted by atomic mass is 10.2. The van der Waals surface area contributed by atoms with Gasteiger partial charge < -0.3 is 4.42 Å². The highest BCUT2D eigenvalue weighted by molar-refractivity contribution is 5.82. The molecule has 0 aliphatic carbocycles. The molecule has 2 aromatic carbocycles. The first-order valence-electron chi connectivity index (χ1n) is 7.90. The van der Waals surface area contributed by atoms with Crippen molar-refractivity contribution in [1.82, 2.24) is 0 Å². The first kappa shape index (κ1) is 15.1. The predicted octanol–water partition coefficient (Wildman–Crippen LogP) is 4.34. The maximum atomic E-state index is 10.7. The zero-order valence-corrected chi connectivity index (χ0v) is 13.3. The van der Waals surface area contributed by atoms with Gasteiger partial charge in [0.15, 0.2) is 18.9 Å². The Bertz CT molecular complexity index is 1000. The second kappa shape index (κ2) is 6.20. The van der Waals surface area contributed by atoms with E-state index in [1.54, 1.807) is 12.1 Å². The number of nitro benzene ring substituents is 1. The van der Waals surface area contributed by atoms with Crippen LogP contribution in [0.5, 0.6) is 0 Å². The number of non-ortho nitro benzene ring substituents is 1. The summed E-state index contributed by atoms with van der Waals surface area (Å²) >= 11 is 0. The number of nitrogens with zero attached hydrogens (tertiary/aromatic N) is 2. The highest BCUT2D eigenvalue weighted by Crippen LogP contribution is 2.26. The van der Waals surface area contributed by atoms with Crippen molar-refractivity contribution >= 4 is 16.7 Å². The van der Waals surface area contributed by atoms with Crippen LogP contribution in [0.2, 0.25) is 0 Å². The summed E-state index contributed by atoms with van der Waals surface area (Å²) in [5, 5.41) is 11.8. The number of pyridine rings is 1. The van der Waals surface area contributed by atoms with Crippen molar-refractivity contribution < 1.29 is 13.9 Å². The number of hydrogen-bond acceptors (Lipinski definition) is 3. The number of benzene rings is 2. The lowest BCUT2D eigenvalue weighted by Gasteiger charge is -1.99. The van der Waals surface area contributed by atoms with Crippen molar-refractivity contribution in [1.29, 1.82) is 0 Å². The average molecular weight is 331 g/mol. The van der Waals surface area contributed by atoms with Crippen molar-refractivity contribution in [2.75, 3.05) is 0 Å². The standard InChI is InChI=1S/C20H15N2O3/c23-22(24)18-7-5-15(6-8-18)14-21-11-9-16(10-12-21)20-13-17-3-1-2-4-19(17)25-20/h1-13H,14H2/q+1. The van der Waals surface area contributed by atoms with Gasteiger partial charge in [0.25, 0.3) is 5.69 Å². The molecule has 4 aromatic rings. The molecule has 5 heteroatoms. The fourth-order valence-electron chi connectivity index (χ4n) is 2.79. The molecular weight excluding hydrogens is 316 g/mol. The van der Waals surface area contributed by atoms with Crippen LogP contribution in [0.15, 0.2) is 83.5 Å². The Hall–Kier alpha value is -3.47. The van der Waals surface area contributed by atoms with Crippen LogP contribution < -0.4 is 4.57 Å². The molecule has 0 radical (unpaired) electrons. The van der Waals surface area contributed by atoms with E-state index in [1.807, 2.05) is 59.4 Å². The van der Waals surface area contributed by atoms with Crippen LogP contribution in [-0.4, -0.2) is 4.92 Å². The van der Waals surface area contributed by atoms with Crippen molar-refractivity contribution in [2.45, 2.75) is 6.54 Å². The average Bonchev–Trinajstić information content (AvgIpc) is 3.07. The molecule has 0 spiro atoms. The van der Waals surface area contributed by atoms with E-state index >= 15 is 0 Å². The topological polar surface area (TPSA) is 60.2 Å². The van der Waals surface area contributed by atoms with Gasteiger partial charge in [-0.15, -0.1) is 0 Å². The van der Waals surface area contributed by atoms with Gasteiger partial charge in [-0.3, -0.25) is 10.1 Å². The fraction of sp³-hybridized carbons (Fsp3) is 0.0500. The van der Waals surface area contributed by atoms with E-state index in [1.165, 1.54) is 12.1 Å². The summed E-state index contributed by atoms with van der Waals surface area (Å²) in [4.78, 5) is 10.3. The number of furan rings is 1. The third kappa shape index (κ3) is 3.12. The monoisotopic (exact) mass is 331 g/mol. The number of nitro groups is 1. The second-order valence-corrected chi connectivity index (χ2v) is 5.83. The minimum absolute atomic E-state index is 0.106. The summed E-state index contributed by atoms with van der Waals surface area (Å²) in [6.07, 6.45) is 3.95. The van der Waals surface area contributed by atoms with E-state index < -0.39 is 0 Å². The van der Waals surface area contributed by atoms with Gasteiger partial charge in [-0.25, -0.2) is 4.57 Å². The highest BCUT2D eigenvalue weighted by atomic mass is 16.6. The highest BCUT2D eigenvalue weighted by Gasteiger charge is 2.10. The Morgan fingerprint density at radius 1 is 0.960 bits per heavy atom. The molecule has 0 aliphatic rings. The minimum atomic E-state index is -0.390. The van der Waals surface area contributed by atoms with E-state index in [2.05, 4.69) is 0 Å². The molecule has 0 saturated heterocycles. The van der Waals surface area contributed by atoms with Gasteiger partial charge in [-0.1, -0.05) is 18.2 Å². The predicted molar refractivity (Wildman–Crippen MR) is 94.0 cm³/mol. The van der Waals surface area contributed by atoms with Gasteiger partial charge in [0.1, 0.15) is 11.3 Å². The maximum Gasteiger partial charge on any atom is 0.269 e. The number of aromatic nitrogens is 1. The van der Waals surface area contributed by atoms with Crippen LogP contribution in [-0.2, 0) is 6.54 Å². The molecule has 25 heavy (non-hydrogen) atoms. The Morgan fingerprint density at radius 2 is 1.68 bits per heavy atom. The quantitative estimate of drug-likeness (QED) is 0.317. The third-order valence-corrected chi connectivity index (χ3v) is 4.11. The molecule has 2 aromatic heterocycles. The van der Waals surface area contributed by atoms with Crippen LogP contribution >= 0.6 is 0 Å². The molecule has 5 nitrogen and oxygen atoms in total. The fourth-order valence-corrected chi connectivity index (χ4v) is 2.79. The lowest BCUT2D eigenvalue weighted by molar-refractivity contribution is -0.688. The van der Waals surface area contributed by atoms with E-state index in [0.717, 1.165) is 27.9 Å². The lowest BCUT2D eigenvalue weighted by Crippen LogP contribution is -2.32. The summed E-state index contributed by atoms with van der Waals surface area (Å²) in [5.74, 6) is 0.837. The number of rotatable bonds is 4. The van der Waals surface area contributed by atoms with Gasteiger partial charge in [0.2, 0.25) is 0 Å². The molecule has 0 saturated carbocycles. The zero-order chi connectivity index (χ0) is 17.2. The third-order valence-electron chi connectivity index (χ3n) is 4.11. The van der Waals surface area contributed by atoms with E-state index in [4.69, 9.17) is 4.42 Å². The molecule has 2 heterocycles. The van der Waals surface area contributed by atoms with E-state index in [-0.39, 0.29) is 10.6 Å². The summed E-state index contributed by atoms with van der Waals surface area (Å²) in [7, 11) is 0. The van der Waals surface area contributed by atoms with Gasteiger partial charge in [-0.2, -0.15) is 0 Å². The number of fused-ring (bicyclic) bond motifs is 1. The minimum Gasteiger partial charge on any atom is -0.456 e. The second-order valence-electron chi connectivity index (χ2n) is 5.83. The van der Waals surface area contributed by atoms with Gasteiger partial charge >= 0.3 is 0 Å². The largest absolute Gasteiger partial charge is 0.456 e. The Morgan fingerprint density at radius 3 is 2.36 bits per heavy atom. The summed E-state index contributed by atoms with van der Waals surface area (Å²) < 4.78 is 7.90. The number of para-hydroxylation sites is 1. The first-order chi connectivity index (χ1) is 12.2. The summed E-state index contributed by atoms with van der Waals surface area (Å²) in [5.41, 5.74) is 3.00. The molecule has 4 rings (SSSR count). The number of hydrogen-bond donors (Lipinski definition) is 0. The molecule has 0 N–H and O–H groups in total. The molecule has 0 fully saturated rings. The van der Waals surface area contributed by atoms with Crippen molar-refractivity contribution in [3.8, 4) is 11.3 Å². The Balaban J connectivity index is 1.54. The summed E-state index contributed by atoms with van der Waals surface area (Å²) in [6, 6.07) is 20.6. The van der Waals surface area contributed by atoms with E-state index in [9.17, 15) is 10.1 Å². The SMILES string of the molecule is O=[N+]([O-])c1ccc(C[n+]2ccc(-c3cc4ccccc4o3)cc2)cc1. The molecule has 0 unspecified atom stereocenters. The van der Waals surface area contributed by atoms with Gasteiger partial charge in [-0.05, 0) is 24.3 Å². The normalized spacial score (nSPS) is 10.9. The Labute approximate surface area is 143 Å². The first-order valence-corrected chi connectivity index (χ1v) is 7.90. The van der Waals surface area contributed by atoms with Crippen molar-refractivity contribution in [3.63, 3.8) is 0 Å². The van der Waals surface area contributed by atoms with Crippen molar-refractivity contribution in [2.24, 2.45) is 0 Å².